The molecule has 21 heavy (non-hydrogen) atoms. The average Bonchev–Trinajstić information content (AvgIpc) is 2.84. The number of carbonyl (C=O) groups excluding carboxylic acids is 1. The first-order chi connectivity index (χ1) is 10.1. The van der Waals surface area contributed by atoms with Crippen molar-refractivity contribution in [2.75, 3.05) is 6.54 Å². The van der Waals surface area contributed by atoms with E-state index in [9.17, 15) is 4.79 Å². The van der Waals surface area contributed by atoms with Crippen LogP contribution in [0.5, 0.6) is 0 Å². The van der Waals surface area contributed by atoms with Crippen molar-refractivity contribution in [1.29, 1.82) is 0 Å². The van der Waals surface area contributed by atoms with Crippen LogP contribution in [0, 0.1) is 5.92 Å². The molecule has 0 saturated heterocycles. The Bertz CT molecular complexity index is 527. The molecule has 0 aliphatic heterocycles. The van der Waals surface area contributed by atoms with Crippen LogP contribution in [0.3, 0.4) is 0 Å². The molecule has 2 fully saturated rings. The molecule has 1 aromatic rings. The zero-order valence-electron chi connectivity index (χ0n) is 12.3. The number of halogens is 1. The third-order valence-corrected chi connectivity index (χ3v) is 5.69. The Morgan fingerprint density at radius 3 is 2.76 bits per heavy atom. The maximum Gasteiger partial charge on any atom is 0.223 e. The van der Waals surface area contributed by atoms with E-state index in [1.807, 2.05) is 6.07 Å². The number of nitrogens with two attached hydrogens (primary N) is 1. The van der Waals surface area contributed by atoms with E-state index in [1.165, 1.54) is 12.0 Å². The molecular formula is C17H23BrN2O. The van der Waals surface area contributed by atoms with Crippen molar-refractivity contribution >= 4 is 21.8 Å². The van der Waals surface area contributed by atoms with Gasteiger partial charge >= 0.3 is 0 Å². The summed E-state index contributed by atoms with van der Waals surface area (Å²) in [5, 5.41) is 3.20. The molecule has 114 valence electrons. The van der Waals surface area contributed by atoms with E-state index in [1.54, 1.807) is 0 Å². The zero-order chi connectivity index (χ0) is 14.9. The van der Waals surface area contributed by atoms with Crippen molar-refractivity contribution in [3.63, 3.8) is 0 Å². The third-order valence-electron chi connectivity index (χ3n) is 5.19. The predicted octanol–water partition coefficient (Wildman–Crippen LogP) is 3.11. The summed E-state index contributed by atoms with van der Waals surface area (Å²) in [7, 11) is 0. The number of hydrogen-bond donors (Lipinski definition) is 2. The van der Waals surface area contributed by atoms with Crippen LogP contribution in [0.1, 0.15) is 44.1 Å². The molecule has 0 heterocycles. The Morgan fingerprint density at radius 2 is 2.19 bits per heavy atom. The van der Waals surface area contributed by atoms with Gasteiger partial charge in [-0.2, -0.15) is 0 Å². The van der Waals surface area contributed by atoms with Crippen LogP contribution in [-0.4, -0.2) is 18.5 Å². The van der Waals surface area contributed by atoms with Gasteiger partial charge in [0.2, 0.25) is 5.91 Å². The molecule has 2 aliphatic rings. The van der Waals surface area contributed by atoms with Gasteiger partial charge in [0.15, 0.2) is 0 Å². The van der Waals surface area contributed by atoms with Crippen molar-refractivity contribution in [3.05, 3.63) is 34.3 Å². The SMILES string of the molecule is NC1CCC(C(=O)NCC2(c3cccc(Br)c3)CCC2)C1. The molecule has 2 aliphatic carbocycles. The number of hydrogen-bond acceptors (Lipinski definition) is 2. The monoisotopic (exact) mass is 350 g/mol. The van der Waals surface area contributed by atoms with E-state index in [2.05, 4.69) is 39.4 Å². The summed E-state index contributed by atoms with van der Waals surface area (Å²) in [5.74, 6) is 0.323. The van der Waals surface area contributed by atoms with Crippen LogP contribution in [-0.2, 0) is 10.2 Å². The van der Waals surface area contributed by atoms with E-state index in [0.29, 0.717) is 0 Å². The molecule has 0 aromatic heterocycles. The van der Waals surface area contributed by atoms with E-state index in [4.69, 9.17) is 5.73 Å². The van der Waals surface area contributed by atoms with E-state index < -0.39 is 0 Å². The largest absolute Gasteiger partial charge is 0.355 e. The molecule has 4 heteroatoms. The van der Waals surface area contributed by atoms with Crippen LogP contribution in [0.25, 0.3) is 0 Å². The standard InChI is InChI=1S/C17H23BrN2O/c18-14-4-1-3-13(10-14)17(7-2-8-17)11-20-16(21)12-5-6-15(19)9-12/h1,3-4,10,12,15H,2,5-9,11,19H2,(H,20,21). The molecule has 3 N–H and O–H groups in total. The lowest BCUT2D eigenvalue weighted by molar-refractivity contribution is -0.125. The van der Waals surface area contributed by atoms with Crippen LogP contribution in [0.2, 0.25) is 0 Å². The maximum atomic E-state index is 12.3. The van der Waals surface area contributed by atoms with E-state index in [-0.39, 0.29) is 23.3 Å². The maximum absolute atomic E-state index is 12.3. The summed E-state index contributed by atoms with van der Waals surface area (Å²) in [6.45, 7) is 0.758. The highest BCUT2D eigenvalue weighted by molar-refractivity contribution is 9.10. The zero-order valence-corrected chi connectivity index (χ0v) is 13.9. The Kier molecular flexibility index (Phi) is 4.36. The third kappa shape index (κ3) is 3.16. The van der Waals surface area contributed by atoms with Crippen molar-refractivity contribution in [1.82, 2.24) is 5.32 Å². The number of amides is 1. The fourth-order valence-corrected chi connectivity index (χ4v) is 4.04. The van der Waals surface area contributed by atoms with Gasteiger partial charge in [0.25, 0.3) is 0 Å². The Labute approximate surface area is 134 Å². The van der Waals surface area contributed by atoms with Crippen molar-refractivity contribution in [2.24, 2.45) is 11.7 Å². The summed E-state index contributed by atoms with van der Waals surface area (Å²) in [5.41, 5.74) is 7.38. The van der Waals surface area contributed by atoms with Gasteiger partial charge in [0.1, 0.15) is 0 Å². The van der Waals surface area contributed by atoms with Gasteiger partial charge in [-0.1, -0.05) is 34.5 Å². The lowest BCUT2D eigenvalue weighted by Gasteiger charge is -2.43. The van der Waals surface area contributed by atoms with Gasteiger partial charge in [-0.15, -0.1) is 0 Å². The normalized spacial score (nSPS) is 27.1. The highest BCUT2D eigenvalue weighted by Crippen LogP contribution is 2.43. The second kappa shape index (κ2) is 6.09. The molecule has 1 amide bonds. The first kappa shape index (κ1) is 15.0. The minimum absolute atomic E-state index is 0.125. The fourth-order valence-electron chi connectivity index (χ4n) is 3.64. The Hall–Kier alpha value is -0.870. The number of benzene rings is 1. The van der Waals surface area contributed by atoms with Gasteiger partial charge in [-0.25, -0.2) is 0 Å². The first-order valence-corrected chi connectivity index (χ1v) is 8.68. The molecule has 1 aromatic carbocycles. The molecule has 0 bridgehead atoms. The summed E-state index contributed by atoms with van der Waals surface area (Å²) in [6, 6.07) is 8.72. The summed E-state index contributed by atoms with van der Waals surface area (Å²) < 4.78 is 1.11. The topological polar surface area (TPSA) is 55.1 Å². The summed E-state index contributed by atoms with van der Waals surface area (Å²) in [6.07, 6.45) is 6.33. The second-order valence-electron chi connectivity index (χ2n) is 6.63. The second-order valence-corrected chi connectivity index (χ2v) is 7.55. The molecule has 0 spiro atoms. The Balaban J connectivity index is 1.63. The predicted molar refractivity (Wildman–Crippen MR) is 88.0 cm³/mol. The molecule has 2 atom stereocenters. The summed E-state index contributed by atoms with van der Waals surface area (Å²) in [4.78, 5) is 12.3. The first-order valence-electron chi connectivity index (χ1n) is 7.88. The van der Waals surface area contributed by atoms with Crippen molar-refractivity contribution < 1.29 is 4.79 Å². The van der Waals surface area contributed by atoms with Crippen LogP contribution >= 0.6 is 15.9 Å². The van der Waals surface area contributed by atoms with E-state index in [0.717, 1.165) is 43.1 Å². The van der Waals surface area contributed by atoms with Gasteiger partial charge in [-0.05, 0) is 49.8 Å². The molecule has 0 radical (unpaired) electrons. The fraction of sp³-hybridized carbons (Fsp3) is 0.588. The van der Waals surface area contributed by atoms with Crippen LogP contribution < -0.4 is 11.1 Å². The number of carbonyl (C=O) groups is 1. The lowest BCUT2D eigenvalue weighted by Crippen LogP contribution is -2.46. The van der Waals surface area contributed by atoms with Gasteiger partial charge < -0.3 is 11.1 Å². The molecule has 3 rings (SSSR count). The highest BCUT2D eigenvalue weighted by atomic mass is 79.9. The van der Waals surface area contributed by atoms with Crippen molar-refractivity contribution in [3.8, 4) is 0 Å². The summed E-state index contributed by atoms with van der Waals surface area (Å²) >= 11 is 3.55. The Morgan fingerprint density at radius 1 is 1.38 bits per heavy atom. The van der Waals surface area contributed by atoms with Crippen LogP contribution in [0.4, 0.5) is 0 Å². The molecular weight excluding hydrogens is 328 g/mol. The number of rotatable bonds is 4. The highest BCUT2D eigenvalue weighted by Gasteiger charge is 2.39. The molecule has 2 saturated carbocycles. The van der Waals surface area contributed by atoms with Crippen LogP contribution in [0.15, 0.2) is 28.7 Å². The van der Waals surface area contributed by atoms with Gasteiger partial charge in [0, 0.05) is 28.4 Å². The molecule has 3 nitrogen and oxygen atoms in total. The number of nitrogens with one attached hydrogen (secondary N) is 1. The average molecular weight is 351 g/mol. The lowest BCUT2D eigenvalue weighted by atomic mass is 9.64. The smallest absolute Gasteiger partial charge is 0.223 e. The van der Waals surface area contributed by atoms with Crippen molar-refractivity contribution in [2.45, 2.75) is 50.0 Å². The van der Waals surface area contributed by atoms with Gasteiger partial charge in [0.05, 0.1) is 0 Å². The quantitative estimate of drug-likeness (QED) is 0.876. The molecule has 2 unspecified atom stereocenters. The van der Waals surface area contributed by atoms with Gasteiger partial charge in [-0.3, -0.25) is 4.79 Å². The minimum atomic E-state index is 0.125. The van der Waals surface area contributed by atoms with E-state index >= 15 is 0 Å². The minimum Gasteiger partial charge on any atom is -0.355 e.